The normalized spacial score (nSPS) is 31.5. The SMILES string of the molecule is [N-]=[N+]=NCC(=O)NO[C@@H]1C[C@@H](O)[C@H](O)[C@@H](CO)O1. The molecule has 0 aliphatic carbocycles. The Labute approximate surface area is 102 Å². The Morgan fingerprint density at radius 2 is 2.33 bits per heavy atom. The van der Waals surface area contributed by atoms with E-state index in [2.05, 4.69) is 10.0 Å². The van der Waals surface area contributed by atoms with Gasteiger partial charge in [-0.2, -0.15) is 0 Å². The summed E-state index contributed by atoms with van der Waals surface area (Å²) in [5, 5.41) is 30.8. The van der Waals surface area contributed by atoms with Gasteiger partial charge >= 0.3 is 0 Å². The minimum atomic E-state index is -1.21. The van der Waals surface area contributed by atoms with Crippen molar-refractivity contribution >= 4 is 5.91 Å². The highest BCUT2D eigenvalue weighted by Crippen LogP contribution is 2.20. The third-order valence-corrected chi connectivity index (χ3v) is 2.30. The number of carbonyl (C=O) groups excluding carboxylic acids is 1. The van der Waals surface area contributed by atoms with Crippen LogP contribution in [0.2, 0.25) is 0 Å². The fourth-order valence-corrected chi connectivity index (χ4v) is 1.40. The van der Waals surface area contributed by atoms with Crippen LogP contribution in [0.4, 0.5) is 0 Å². The van der Waals surface area contributed by atoms with Gasteiger partial charge < -0.3 is 20.1 Å². The summed E-state index contributed by atoms with van der Waals surface area (Å²) in [5.74, 6) is -0.683. The number of hydrogen-bond donors (Lipinski definition) is 4. The molecule has 0 unspecified atom stereocenters. The second-order valence-corrected chi connectivity index (χ2v) is 3.61. The van der Waals surface area contributed by atoms with Crippen molar-refractivity contribution in [2.45, 2.75) is 31.0 Å². The van der Waals surface area contributed by atoms with Crippen molar-refractivity contribution in [3.8, 4) is 0 Å². The van der Waals surface area contributed by atoms with E-state index >= 15 is 0 Å². The third-order valence-electron chi connectivity index (χ3n) is 2.30. The van der Waals surface area contributed by atoms with Crippen LogP contribution >= 0.6 is 0 Å². The number of hydroxylamine groups is 1. The number of ether oxygens (including phenoxy) is 1. The molecule has 1 aliphatic heterocycles. The van der Waals surface area contributed by atoms with Crippen molar-refractivity contribution in [3.63, 3.8) is 0 Å². The number of aliphatic hydroxyl groups is 3. The van der Waals surface area contributed by atoms with E-state index in [1.54, 1.807) is 0 Å². The number of nitrogens with zero attached hydrogens (tertiary/aromatic N) is 3. The molecule has 0 aromatic heterocycles. The molecule has 4 N–H and O–H groups in total. The Kier molecular flexibility index (Phi) is 5.78. The molecule has 1 rings (SSSR count). The first-order valence-corrected chi connectivity index (χ1v) is 5.16. The van der Waals surface area contributed by atoms with Crippen LogP contribution in [0.3, 0.4) is 0 Å². The first kappa shape index (κ1) is 14.6. The molecule has 1 amide bonds. The summed E-state index contributed by atoms with van der Waals surface area (Å²) < 4.78 is 5.07. The van der Waals surface area contributed by atoms with Gasteiger partial charge in [0.2, 0.25) is 5.91 Å². The molecule has 0 radical (unpaired) electrons. The zero-order valence-corrected chi connectivity index (χ0v) is 9.34. The van der Waals surface area contributed by atoms with Gasteiger partial charge in [0.05, 0.1) is 12.7 Å². The Morgan fingerprint density at radius 1 is 1.61 bits per heavy atom. The molecule has 102 valence electrons. The largest absolute Gasteiger partial charge is 0.394 e. The smallest absolute Gasteiger partial charge is 0.249 e. The fourth-order valence-electron chi connectivity index (χ4n) is 1.40. The van der Waals surface area contributed by atoms with Gasteiger partial charge in [-0.05, 0) is 5.53 Å². The lowest BCUT2D eigenvalue weighted by Crippen LogP contribution is -2.51. The van der Waals surface area contributed by atoms with Gasteiger partial charge in [0, 0.05) is 11.3 Å². The van der Waals surface area contributed by atoms with Crippen LogP contribution in [0.15, 0.2) is 5.11 Å². The molecule has 10 heteroatoms. The first-order valence-electron chi connectivity index (χ1n) is 5.16. The van der Waals surface area contributed by atoms with Gasteiger partial charge in [0.25, 0.3) is 0 Å². The standard InChI is InChI=1S/C8H14N4O6/c9-12-10-2-6(15)11-18-7-1-4(14)8(16)5(3-13)17-7/h4-5,7-8,13-14,16H,1-3H2,(H,11,15)/t4-,5-,7-,8+/m1/s1. The molecule has 18 heavy (non-hydrogen) atoms. The molecule has 0 bridgehead atoms. The lowest BCUT2D eigenvalue weighted by molar-refractivity contribution is -0.272. The molecule has 4 atom stereocenters. The quantitative estimate of drug-likeness (QED) is 0.197. The average Bonchev–Trinajstić information content (AvgIpc) is 2.37. The highest BCUT2D eigenvalue weighted by atomic mass is 16.8. The maximum atomic E-state index is 11.0. The maximum Gasteiger partial charge on any atom is 0.249 e. The van der Waals surface area contributed by atoms with E-state index in [9.17, 15) is 15.0 Å². The summed E-state index contributed by atoms with van der Waals surface area (Å²) in [5.41, 5.74) is 9.95. The molecule has 0 spiro atoms. The number of azide groups is 1. The summed E-state index contributed by atoms with van der Waals surface area (Å²) >= 11 is 0. The summed E-state index contributed by atoms with van der Waals surface area (Å²) in [6.45, 7) is -0.928. The van der Waals surface area contributed by atoms with Crippen molar-refractivity contribution in [3.05, 3.63) is 10.4 Å². The molecule has 10 nitrogen and oxygen atoms in total. The first-order chi connectivity index (χ1) is 8.58. The lowest BCUT2D eigenvalue weighted by Gasteiger charge is -2.35. The highest BCUT2D eigenvalue weighted by molar-refractivity contribution is 5.76. The van der Waals surface area contributed by atoms with Gasteiger partial charge in [-0.1, -0.05) is 5.11 Å². The molecule has 0 aromatic carbocycles. The van der Waals surface area contributed by atoms with Gasteiger partial charge in [0.1, 0.15) is 18.8 Å². The highest BCUT2D eigenvalue weighted by Gasteiger charge is 2.37. The van der Waals surface area contributed by atoms with E-state index in [-0.39, 0.29) is 6.42 Å². The van der Waals surface area contributed by atoms with Gasteiger partial charge in [-0.15, -0.1) is 0 Å². The Bertz CT molecular complexity index is 334. The van der Waals surface area contributed by atoms with E-state index in [0.717, 1.165) is 0 Å². The van der Waals surface area contributed by atoms with Crippen LogP contribution in [-0.2, 0) is 14.4 Å². The molecule has 0 saturated carbocycles. The van der Waals surface area contributed by atoms with Crippen LogP contribution in [-0.4, -0.2) is 59.0 Å². The third kappa shape index (κ3) is 4.11. The van der Waals surface area contributed by atoms with Crippen LogP contribution in [0.25, 0.3) is 10.4 Å². The monoisotopic (exact) mass is 262 g/mol. The summed E-state index contributed by atoms with van der Waals surface area (Å²) in [6, 6.07) is 0. The minimum absolute atomic E-state index is 0.0700. The van der Waals surface area contributed by atoms with Crippen molar-refractivity contribution < 1.29 is 29.7 Å². The van der Waals surface area contributed by atoms with E-state index < -0.39 is 43.7 Å². The summed E-state index contributed by atoms with van der Waals surface area (Å²) in [6.07, 6.45) is -4.41. The maximum absolute atomic E-state index is 11.0. The molecule has 1 fully saturated rings. The number of aliphatic hydroxyl groups excluding tert-OH is 3. The molecule has 1 saturated heterocycles. The number of rotatable bonds is 5. The molecular weight excluding hydrogens is 248 g/mol. The number of nitrogens with one attached hydrogen (secondary N) is 1. The van der Waals surface area contributed by atoms with Crippen molar-refractivity contribution in [2.24, 2.45) is 5.11 Å². The Morgan fingerprint density at radius 3 is 2.94 bits per heavy atom. The van der Waals surface area contributed by atoms with E-state index in [0.29, 0.717) is 0 Å². The van der Waals surface area contributed by atoms with Crippen LogP contribution in [0.1, 0.15) is 6.42 Å². The topological polar surface area (TPSA) is 157 Å². The lowest BCUT2D eigenvalue weighted by atomic mass is 10.0. The number of amides is 1. The zero-order chi connectivity index (χ0) is 13.5. The molecule has 1 aliphatic rings. The van der Waals surface area contributed by atoms with Gasteiger partial charge in [0.15, 0.2) is 6.29 Å². The Balaban J connectivity index is 2.38. The number of hydrogen-bond acceptors (Lipinski definition) is 7. The fraction of sp³-hybridized carbons (Fsp3) is 0.875. The second-order valence-electron chi connectivity index (χ2n) is 3.61. The predicted octanol–water partition coefficient (Wildman–Crippen LogP) is -1.83. The van der Waals surface area contributed by atoms with Crippen LogP contribution < -0.4 is 5.48 Å². The van der Waals surface area contributed by atoms with Crippen molar-refractivity contribution in [2.75, 3.05) is 13.2 Å². The van der Waals surface area contributed by atoms with E-state index in [1.807, 2.05) is 5.48 Å². The number of carbonyl (C=O) groups is 1. The van der Waals surface area contributed by atoms with Gasteiger partial charge in [-0.25, -0.2) is 10.3 Å². The van der Waals surface area contributed by atoms with Gasteiger partial charge in [-0.3, -0.25) is 4.79 Å². The molecule has 0 aromatic rings. The predicted molar refractivity (Wildman–Crippen MR) is 55.6 cm³/mol. The molecule has 1 heterocycles. The minimum Gasteiger partial charge on any atom is -0.394 e. The summed E-state index contributed by atoms with van der Waals surface area (Å²) in [4.78, 5) is 18.2. The average molecular weight is 262 g/mol. The van der Waals surface area contributed by atoms with Crippen LogP contribution in [0, 0.1) is 0 Å². The Hall–Kier alpha value is -1.42. The molecular formula is C8H14N4O6. The van der Waals surface area contributed by atoms with E-state index in [4.69, 9.17) is 20.2 Å². The summed E-state index contributed by atoms with van der Waals surface area (Å²) in [7, 11) is 0. The van der Waals surface area contributed by atoms with Crippen molar-refractivity contribution in [1.29, 1.82) is 0 Å². The zero-order valence-electron chi connectivity index (χ0n) is 9.34. The second kappa shape index (κ2) is 7.11. The van der Waals surface area contributed by atoms with Crippen molar-refractivity contribution in [1.82, 2.24) is 5.48 Å². The van der Waals surface area contributed by atoms with E-state index in [1.165, 1.54) is 0 Å². The van der Waals surface area contributed by atoms with Crippen LogP contribution in [0.5, 0.6) is 0 Å².